The van der Waals surface area contributed by atoms with E-state index in [0.29, 0.717) is 5.82 Å². The standard InChI is InChI=1S/C13H15BrN6O2/c1-7(2)10(12(21)16-13(15)22)20-18-11(17-19-20)8-3-5-9(14)6-4-8/h3-7,10H,1-2H3,(H3,15,16,21,22). The lowest BCUT2D eigenvalue weighted by atomic mass is 10.0. The highest BCUT2D eigenvalue weighted by Crippen LogP contribution is 2.20. The molecule has 2 aromatic rings. The van der Waals surface area contributed by atoms with Crippen LogP contribution in [0.25, 0.3) is 11.4 Å². The SMILES string of the molecule is CC(C)C(C(=O)NC(N)=O)n1nnc(-c2ccc(Br)cc2)n1. The maximum atomic E-state index is 12.0. The molecule has 2 rings (SSSR count). The minimum absolute atomic E-state index is 0.147. The van der Waals surface area contributed by atoms with Crippen molar-refractivity contribution in [2.24, 2.45) is 11.7 Å². The van der Waals surface area contributed by atoms with Crippen LogP contribution in [-0.2, 0) is 4.79 Å². The van der Waals surface area contributed by atoms with Gasteiger partial charge in [0.25, 0.3) is 5.91 Å². The van der Waals surface area contributed by atoms with E-state index in [1.165, 1.54) is 4.80 Å². The molecule has 0 spiro atoms. The zero-order valence-corrected chi connectivity index (χ0v) is 13.6. The first-order valence-electron chi connectivity index (χ1n) is 6.54. The van der Waals surface area contributed by atoms with Crippen LogP contribution in [-0.4, -0.2) is 32.1 Å². The summed E-state index contributed by atoms with van der Waals surface area (Å²) in [6.45, 7) is 3.63. The second kappa shape index (κ2) is 6.65. The molecule has 0 aliphatic heterocycles. The highest BCUT2D eigenvalue weighted by Gasteiger charge is 2.28. The largest absolute Gasteiger partial charge is 0.351 e. The lowest BCUT2D eigenvalue weighted by molar-refractivity contribution is -0.125. The van der Waals surface area contributed by atoms with Gasteiger partial charge < -0.3 is 5.73 Å². The fraction of sp³-hybridized carbons (Fsp3) is 0.308. The smallest absolute Gasteiger partial charge is 0.318 e. The van der Waals surface area contributed by atoms with Gasteiger partial charge in [0.15, 0.2) is 6.04 Å². The first-order chi connectivity index (χ1) is 10.4. The molecule has 0 saturated carbocycles. The van der Waals surface area contributed by atoms with Gasteiger partial charge in [0.2, 0.25) is 5.82 Å². The molecule has 0 aliphatic rings. The molecular weight excluding hydrogens is 352 g/mol. The number of carbonyl (C=O) groups is 2. The van der Waals surface area contributed by atoms with Crippen LogP contribution in [0.2, 0.25) is 0 Å². The van der Waals surface area contributed by atoms with Gasteiger partial charge in [0.05, 0.1) is 0 Å². The van der Waals surface area contributed by atoms with Crippen molar-refractivity contribution in [1.29, 1.82) is 0 Å². The number of benzene rings is 1. The number of nitrogens with one attached hydrogen (secondary N) is 1. The maximum Gasteiger partial charge on any atom is 0.318 e. The number of urea groups is 1. The Balaban J connectivity index is 2.29. The van der Waals surface area contributed by atoms with Crippen molar-refractivity contribution in [1.82, 2.24) is 25.5 Å². The Hall–Kier alpha value is -2.29. The molecule has 0 aliphatic carbocycles. The average Bonchev–Trinajstić information content (AvgIpc) is 2.87. The molecule has 0 bridgehead atoms. The third-order valence-electron chi connectivity index (χ3n) is 2.93. The van der Waals surface area contributed by atoms with Crippen LogP contribution in [0.4, 0.5) is 4.79 Å². The molecular formula is C13H15BrN6O2. The third kappa shape index (κ3) is 3.67. The van der Waals surface area contributed by atoms with E-state index in [1.807, 2.05) is 43.4 Å². The number of nitrogens with zero attached hydrogens (tertiary/aromatic N) is 4. The van der Waals surface area contributed by atoms with Crippen molar-refractivity contribution in [3.8, 4) is 11.4 Å². The summed E-state index contributed by atoms with van der Waals surface area (Å²) >= 11 is 3.35. The molecule has 0 saturated heterocycles. The normalized spacial score (nSPS) is 12.2. The minimum Gasteiger partial charge on any atom is -0.351 e. The molecule has 1 atom stereocenters. The molecule has 8 nitrogen and oxygen atoms in total. The van der Waals surface area contributed by atoms with Crippen molar-refractivity contribution >= 4 is 27.9 Å². The summed E-state index contributed by atoms with van der Waals surface area (Å²) < 4.78 is 0.935. The van der Waals surface area contributed by atoms with Gasteiger partial charge in [-0.15, -0.1) is 10.2 Å². The molecule has 1 aromatic carbocycles. The first-order valence-corrected chi connectivity index (χ1v) is 7.33. The third-order valence-corrected chi connectivity index (χ3v) is 3.45. The summed E-state index contributed by atoms with van der Waals surface area (Å²) in [5.41, 5.74) is 5.75. The van der Waals surface area contributed by atoms with E-state index in [0.717, 1.165) is 10.0 Å². The Kier molecular flexibility index (Phi) is 4.86. The van der Waals surface area contributed by atoms with E-state index in [1.54, 1.807) is 0 Å². The Morgan fingerprint density at radius 3 is 2.45 bits per heavy atom. The summed E-state index contributed by atoms with van der Waals surface area (Å²) in [7, 11) is 0. The summed E-state index contributed by atoms with van der Waals surface area (Å²) in [5, 5.41) is 14.1. The summed E-state index contributed by atoms with van der Waals surface area (Å²) in [4.78, 5) is 24.1. The topological polar surface area (TPSA) is 116 Å². The van der Waals surface area contributed by atoms with Gasteiger partial charge in [-0.1, -0.05) is 29.8 Å². The van der Waals surface area contributed by atoms with Crippen molar-refractivity contribution in [2.75, 3.05) is 0 Å². The van der Waals surface area contributed by atoms with Gasteiger partial charge in [-0.2, -0.15) is 4.80 Å². The number of nitrogens with two attached hydrogens (primary N) is 1. The number of carbonyl (C=O) groups excluding carboxylic acids is 2. The number of hydrogen-bond donors (Lipinski definition) is 2. The average molecular weight is 367 g/mol. The molecule has 1 heterocycles. The molecule has 3 amide bonds. The van der Waals surface area contributed by atoms with Gasteiger partial charge in [0.1, 0.15) is 0 Å². The highest BCUT2D eigenvalue weighted by atomic mass is 79.9. The Morgan fingerprint density at radius 1 is 1.27 bits per heavy atom. The van der Waals surface area contributed by atoms with Crippen molar-refractivity contribution in [3.63, 3.8) is 0 Å². The van der Waals surface area contributed by atoms with Crippen LogP contribution in [0.1, 0.15) is 19.9 Å². The summed E-state index contributed by atoms with van der Waals surface area (Å²) in [6, 6.07) is 5.69. The van der Waals surface area contributed by atoms with E-state index in [9.17, 15) is 9.59 Å². The Morgan fingerprint density at radius 2 is 1.91 bits per heavy atom. The van der Waals surface area contributed by atoms with Crippen molar-refractivity contribution in [2.45, 2.75) is 19.9 Å². The monoisotopic (exact) mass is 366 g/mol. The molecule has 22 heavy (non-hydrogen) atoms. The second-order valence-corrected chi connectivity index (χ2v) is 5.90. The molecule has 116 valence electrons. The van der Waals surface area contributed by atoms with Crippen molar-refractivity contribution < 1.29 is 9.59 Å². The quantitative estimate of drug-likeness (QED) is 0.850. The van der Waals surface area contributed by atoms with Crippen LogP contribution >= 0.6 is 15.9 Å². The molecule has 0 radical (unpaired) electrons. The van der Waals surface area contributed by atoms with Crippen LogP contribution in [0, 0.1) is 5.92 Å². The zero-order chi connectivity index (χ0) is 16.3. The highest BCUT2D eigenvalue weighted by molar-refractivity contribution is 9.10. The number of rotatable bonds is 4. The summed E-state index contributed by atoms with van der Waals surface area (Å²) in [6.07, 6.45) is 0. The van der Waals surface area contributed by atoms with E-state index in [-0.39, 0.29) is 5.92 Å². The minimum atomic E-state index is -0.913. The van der Waals surface area contributed by atoms with E-state index < -0.39 is 18.0 Å². The lowest BCUT2D eigenvalue weighted by Gasteiger charge is -2.17. The predicted molar refractivity (Wildman–Crippen MR) is 82.6 cm³/mol. The second-order valence-electron chi connectivity index (χ2n) is 4.98. The first kappa shape index (κ1) is 16.1. The maximum absolute atomic E-state index is 12.0. The van der Waals surface area contributed by atoms with Crippen LogP contribution in [0.3, 0.4) is 0 Å². The van der Waals surface area contributed by atoms with Gasteiger partial charge in [-0.05, 0) is 35.4 Å². The molecule has 0 fully saturated rings. The number of halogens is 1. The van der Waals surface area contributed by atoms with Gasteiger partial charge in [-0.25, -0.2) is 4.79 Å². The van der Waals surface area contributed by atoms with Gasteiger partial charge in [0, 0.05) is 10.0 Å². The Bertz CT molecular complexity index is 682. The number of amides is 3. The molecule has 3 N–H and O–H groups in total. The molecule has 1 unspecified atom stereocenters. The number of primary amides is 1. The number of imide groups is 1. The van der Waals surface area contributed by atoms with Crippen molar-refractivity contribution in [3.05, 3.63) is 28.7 Å². The van der Waals surface area contributed by atoms with Crippen LogP contribution in [0.15, 0.2) is 28.7 Å². The predicted octanol–water partition coefficient (Wildman–Crippen LogP) is 1.49. The fourth-order valence-electron chi connectivity index (χ4n) is 1.93. The number of tetrazole rings is 1. The van der Waals surface area contributed by atoms with Crippen LogP contribution < -0.4 is 11.1 Å². The zero-order valence-electron chi connectivity index (χ0n) is 12.0. The van der Waals surface area contributed by atoms with E-state index >= 15 is 0 Å². The molecule has 1 aromatic heterocycles. The van der Waals surface area contributed by atoms with E-state index in [4.69, 9.17) is 5.73 Å². The van der Waals surface area contributed by atoms with Gasteiger partial charge in [-0.3, -0.25) is 10.1 Å². The van der Waals surface area contributed by atoms with Gasteiger partial charge >= 0.3 is 6.03 Å². The fourth-order valence-corrected chi connectivity index (χ4v) is 2.19. The summed E-state index contributed by atoms with van der Waals surface area (Å²) in [5.74, 6) is -0.321. The van der Waals surface area contributed by atoms with E-state index in [2.05, 4.69) is 31.3 Å². The van der Waals surface area contributed by atoms with Crippen LogP contribution in [0.5, 0.6) is 0 Å². The lowest BCUT2D eigenvalue weighted by Crippen LogP contribution is -2.42. The number of aromatic nitrogens is 4. The Labute approximate surface area is 135 Å². The molecule has 9 heteroatoms. The number of hydrogen-bond acceptors (Lipinski definition) is 5.